The van der Waals surface area contributed by atoms with Gasteiger partial charge in [0, 0.05) is 5.02 Å². The average molecular weight is 385 g/mol. The Morgan fingerprint density at radius 3 is 2.50 bits per heavy atom. The standard InChI is InChI=1S/C14H10Cl2N4O3S/c15-9-6-12(16)14(21)13(7-9)24(22,23)19-10-2-1-3-11(8-10)20-17-4-5-18-20/h1-8,19,21H. The first-order valence-electron chi connectivity index (χ1n) is 6.54. The molecular weight excluding hydrogens is 375 g/mol. The first-order valence-corrected chi connectivity index (χ1v) is 8.78. The molecule has 0 aliphatic rings. The maximum absolute atomic E-state index is 12.5. The number of phenolic OH excluding ortho intramolecular Hbond substituents is 1. The number of hydrogen-bond acceptors (Lipinski definition) is 5. The van der Waals surface area contributed by atoms with Gasteiger partial charge >= 0.3 is 0 Å². The zero-order valence-corrected chi connectivity index (χ0v) is 14.2. The summed E-state index contributed by atoms with van der Waals surface area (Å²) in [6.07, 6.45) is 3.01. The quantitative estimate of drug-likeness (QED) is 0.720. The summed E-state index contributed by atoms with van der Waals surface area (Å²) >= 11 is 11.6. The van der Waals surface area contributed by atoms with Gasteiger partial charge in [-0.25, -0.2) is 8.42 Å². The molecule has 0 fully saturated rings. The third-order valence-electron chi connectivity index (χ3n) is 3.03. The van der Waals surface area contributed by atoms with E-state index in [1.807, 2.05) is 0 Å². The molecule has 2 aromatic carbocycles. The Hall–Kier alpha value is -2.29. The number of rotatable bonds is 4. The number of aromatic nitrogens is 3. The summed E-state index contributed by atoms with van der Waals surface area (Å²) in [5.41, 5.74) is 0.828. The number of hydrogen-bond donors (Lipinski definition) is 2. The predicted octanol–water partition coefficient (Wildman–Crippen LogP) is 3.08. The Bertz CT molecular complexity index is 991. The molecular formula is C14H10Cl2N4O3S. The molecule has 0 aliphatic heterocycles. The summed E-state index contributed by atoms with van der Waals surface area (Å²) in [6.45, 7) is 0. The molecule has 2 N–H and O–H groups in total. The van der Waals surface area contributed by atoms with Gasteiger partial charge in [-0.05, 0) is 30.3 Å². The minimum Gasteiger partial charge on any atom is -0.505 e. The molecule has 3 aromatic rings. The van der Waals surface area contributed by atoms with Crippen LogP contribution >= 0.6 is 23.2 Å². The summed E-state index contributed by atoms with van der Waals surface area (Å²) in [7, 11) is -4.09. The fraction of sp³-hybridized carbons (Fsp3) is 0. The van der Waals surface area contributed by atoms with Crippen LogP contribution in [0.2, 0.25) is 10.0 Å². The first kappa shape index (κ1) is 16.6. The zero-order valence-electron chi connectivity index (χ0n) is 11.9. The number of phenols is 1. The van der Waals surface area contributed by atoms with E-state index in [-0.39, 0.29) is 15.7 Å². The average Bonchev–Trinajstić information content (AvgIpc) is 3.05. The molecule has 0 radical (unpaired) electrons. The van der Waals surface area contributed by atoms with Crippen molar-refractivity contribution >= 4 is 38.9 Å². The molecule has 0 unspecified atom stereocenters. The van der Waals surface area contributed by atoms with Crippen molar-refractivity contribution in [1.29, 1.82) is 0 Å². The highest BCUT2D eigenvalue weighted by molar-refractivity contribution is 7.92. The smallest absolute Gasteiger partial charge is 0.265 e. The van der Waals surface area contributed by atoms with Crippen molar-refractivity contribution in [1.82, 2.24) is 15.0 Å². The van der Waals surface area contributed by atoms with E-state index in [9.17, 15) is 13.5 Å². The largest absolute Gasteiger partial charge is 0.505 e. The van der Waals surface area contributed by atoms with E-state index in [0.29, 0.717) is 5.69 Å². The fourth-order valence-electron chi connectivity index (χ4n) is 2.00. The Morgan fingerprint density at radius 2 is 1.79 bits per heavy atom. The fourth-order valence-corrected chi connectivity index (χ4v) is 3.81. The second kappa shape index (κ2) is 6.31. The highest BCUT2D eigenvalue weighted by Crippen LogP contribution is 2.35. The van der Waals surface area contributed by atoms with Crippen LogP contribution in [-0.2, 0) is 10.0 Å². The van der Waals surface area contributed by atoms with Crippen molar-refractivity contribution in [2.75, 3.05) is 4.72 Å². The van der Waals surface area contributed by atoms with Crippen LogP contribution in [0.15, 0.2) is 53.7 Å². The van der Waals surface area contributed by atoms with Gasteiger partial charge in [-0.3, -0.25) is 4.72 Å². The van der Waals surface area contributed by atoms with Crippen LogP contribution in [0.25, 0.3) is 5.69 Å². The van der Waals surface area contributed by atoms with Crippen molar-refractivity contribution in [2.45, 2.75) is 4.90 Å². The highest BCUT2D eigenvalue weighted by Gasteiger charge is 2.22. The Morgan fingerprint density at radius 1 is 1.08 bits per heavy atom. The molecule has 3 rings (SSSR count). The topological polar surface area (TPSA) is 97.1 Å². The molecule has 0 spiro atoms. The lowest BCUT2D eigenvalue weighted by molar-refractivity contribution is 0.459. The van der Waals surface area contributed by atoms with Gasteiger partial charge in [0.1, 0.15) is 4.90 Å². The molecule has 1 aromatic heterocycles. The highest BCUT2D eigenvalue weighted by atomic mass is 35.5. The van der Waals surface area contributed by atoms with Gasteiger partial charge in [0.05, 0.1) is 28.8 Å². The van der Waals surface area contributed by atoms with Gasteiger partial charge in [0.25, 0.3) is 10.0 Å². The minimum absolute atomic E-state index is 0.0904. The van der Waals surface area contributed by atoms with E-state index in [0.717, 1.165) is 6.07 Å². The Balaban J connectivity index is 1.98. The molecule has 0 saturated carbocycles. The van der Waals surface area contributed by atoms with E-state index >= 15 is 0 Å². The van der Waals surface area contributed by atoms with Crippen LogP contribution in [-0.4, -0.2) is 28.5 Å². The molecule has 0 saturated heterocycles. The number of nitrogens with one attached hydrogen (secondary N) is 1. The molecule has 24 heavy (non-hydrogen) atoms. The van der Waals surface area contributed by atoms with Gasteiger partial charge in [0.2, 0.25) is 0 Å². The van der Waals surface area contributed by atoms with Crippen LogP contribution < -0.4 is 4.72 Å². The molecule has 0 bridgehead atoms. The van der Waals surface area contributed by atoms with E-state index < -0.39 is 20.7 Å². The maximum Gasteiger partial charge on any atom is 0.265 e. The van der Waals surface area contributed by atoms with E-state index in [1.165, 1.54) is 23.3 Å². The van der Waals surface area contributed by atoms with Crippen molar-refractivity contribution < 1.29 is 13.5 Å². The summed E-state index contributed by atoms with van der Waals surface area (Å²) < 4.78 is 27.4. The summed E-state index contributed by atoms with van der Waals surface area (Å²) in [4.78, 5) is 0.925. The lowest BCUT2D eigenvalue weighted by atomic mass is 10.3. The van der Waals surface area contributed by atoms with E-state index in [1.54, 1.807) is 24.3 Å². The summed E-state index contributed by atoms with van der Waals surface area (Å²) in [6, 6.07) is 8.81. The normalized spacial score (nSPS) is 11.4. The SMILES string of the molecule is O=S(=O)(Nc1cccc(-n2nccn2)c1)c1cc(Cl)cc(Cl)c1O. The second-order valence-corrected chi connectivity index (χ2v) is 7.20. The van der Waals surface area contributed by atoms with Gasteiger partial charge in [-0.15, -0.1) is 0 Å². The van der Waals surface area contributed by atoms with Gasteiger partial charge in [-0.1, -0.05) is 29.3 Å². The molecule has 0 aliphatic carbocycles. The van der Waals surface area contributed by atoms with Crippen molar-refractivity contribution in [3.63, 3.8) is 0 Å². The number of halogens is 2. The van der Waals surface area contributed by atoms with E-state index in [2.05, 4.69) is 14.9 Å². The second-order valence-electron chi connectivity index (χ2n) is 4.71. The first-order chi connectivity index (χ1) is 11.4. The van der Waals surface area contributed by atoms with Crippen LogP contribution in [0.3, 0.4) is 0 Å². The van der Waals surface area contributed by atoms with Crippen molar-refractivity contribution in [3.05, 3.63) is 58.8 Å². The molecule has 0 amide bonds. The lowest BCUT2D eigenvalue weighted by Crippen LogP contribution is -2.13. The molecule has 7 nitrogen and oxygen atoms in total. The van der Waals surface area contributed by atoms with Crippen molar-refractivity contribution in [3.8, 4) is 11.4 Å². The van der Waals surface area contributed by atoms with Crippen molar-refractivity contribution in [2.24, 2.45) is 0 Å². The Kier molecular flexibility index (Phi) is 4.35. The van der Waals surface area contributed by atoms with Gasteiger partial charge in [-0.2, -0.15) is 15.0 Å². The van der Waals surface area contributed by atoms with Gasteiger partial charge < -0.3 is 5.11 Å². The minimum atomic E-state index is -4.09. The summed E-state index contributed by atoms with van der Waals surface area (Å²) in [5.74, 6) is -0.571. The monoisotopic (exact) mass is 384 g/mol. The number of aromatic hydroxyl groups is 1. The van der Waals surface area contributed by atoms with Crippen LogP contribution in [0.1, 0.15) is 0 Å². The number of anilines is 1. The third kappa shape index (κ3) is 3.30. The number of nitrogens with zero attached hydrogens (tertiary/aromatic N) is 3. The Labute approximate surface area is 147 Å². The van der Waals surface area contributed by atoms with E-state index in [4.69, 9.17) is 23.2 Å². The number of sulfonamides is 1. The molecule has 124 valence electrons. The van der Waals surface area contributed by atoms with Crippen LogP contribution in [0.5, 0.6) is 5.75 Å². The lowest BCUT2D eigenvalue weighted by Gasteiger charge is -2.11. The summed E-state index contributed by atoms with van der Waals surface area (Å²) in [5, 5.41) is 17.8. The van der Waals surface area contributed by atoms with Crippen LogP contribution in [0.4, 0.5) is 5.69 Å². The molecule has 1 heterocycles. The third-order valence-corrected chi connectivity index (χ3v) is 4.93. The molecule has 0 atom stereocenters. The molecule has 10 heteroatoms. The van der Waals surface area contributed by atoms with Gasteiger partial charge in [0.15, 0.2) is 5.75 Å². The maximum atomic E-state index is 12.5. The zero-order chi connectivity index (χ0) is 17.3. The number of benzene rings is 2. The van der Waals surface area contributed by atoms with Crippen LogP contribution in [0, 0.1) is 0 Å². The predicted molar refractivity (Wildman–Crippen MR) is 90.3 cm³/mol.